The number of hydrogen-bond donors (Lipinski definition) is 3. The second kappa shape index (κ2) is 6.44. The molecule has 0 bridgehead atoms. The molecule has 1 aromatic rings. The van der Waals surface area contributed by atoms with Gasteiger partial charge in [0, 0.05) is 37.6 Å². The Labute approximate surface area is 135 Å². The number of halogens is 1. The summed E-state index contributed by atoms with van der Waals surface area (Å²) in [6.07, 6.45) is 2.90. The highest BCUT2D eigenvalue weighted by Gasteiger charge is 2.31. The van der Waals surface area contributed by atoms with Gasteiger partial charge in [0.05, 0.1) is 11.6 Å². The molecule has 0 saturated carbocycles. The Kier molecular flexibility index (Phi) is 4.57. The topological polar surface area (TPSA) is 70.6 Å². The van der Waals surface area contributed by atoms with Crippen LogP contribution < -0.4 is 10.6 Å². The summed E-state index contributed by atoms with van der Waals surface area (Å²) in [4.78, 5) is 12.1. The lowest BCUT2D eigenvalue weighted by Crippen LogP contribution is -2.49. The molecule has 2 amide bonds. The van der Waals surface area contributed by atoms with Gasteiger partial charge < -0.3 is 20.5 Å². The van der Waals surface area contributed by atoms with Gasteiger partial charge in [-0.05, 0) is 36.1 Å². The standard InChI is InChI=1S/C16H21ClN2O3/c17-12-2-3-13-11(9-12)1-4-14(13)19-15(20)18-10-16(21)5-7-22-8-6-16/h2-3,9,14,21H,1,4-8,10H2,(H2,18,19,20). The van der Waals surface area contributed by atoms with Crippen LogP contribution in [-0.2, 0) is 11.2 Å². The molecule has 22 heavy (non-hydrogen) atoms. The molecule has 120 valence electrons. The van der Waals surface area contributed by atoms with Crippen LogP contribution in [0.15, 0.2) is 18.2 Å². The number of rotatable bonds is 3. The molecule has 1 aliphatic carbocycles. The predicted octanol–water partition coefficient (Wildman–Crippen LogP) is 2.17. The molecule has 0 aromatic heterocycles. The Morgan fingerprint density at radius 2 is 2.18 bits per heavy atom. The summed E-state index contributed by atoms with van der Waals surface area (Å²) in [5.74, 6) is 0. The summed E-state index contributed by atoms with van der Waals surface area (Å²) in [6.45, 7) is 1.33. The van der Waals surface area contributed by atoms with E-state index in [1.807, 2.05) is 18.2 Å². The van der Waals surface area contributed by atoms with Crippen LogP contribution in [0.3, 0.4) is 0 Å². The molecule has 1 aromatic carbocycles. The number of carbonyl (C=O) groups excluding carboxylic acids is 1. The van der Waals surface area contributed by atoms with E-state index in [2.05, 4.69) is 10.6 Å². The van der Waals surface area contributed by atoms with Gasteiger partial charge in [0.25, 0.3) is 0 Å². The normalized spacial score (nSPS) is 22.9. The summed E-state index contributed by atoms with van der Waals surface area (Å²) in [6, 6.07) is 5.55. The van der Waals surface area contributed by atoms with Gasteiger partial charge in [0.2, 0.25) is 0 Å². The molecule has 0 radical (unpaired) electrons. The monoisotopic (exact) mass is 324 g/mol. The third-order valence-electron chi connectivity index (χ3n) is 4.49. The summed E-state index contributed by atoms with van der Waals surface area (Å²) in [7, 11) is 0. The molecule has 1 aliphatic heterocycles. The van der Waals surface area contributed by atoms with Gasteiger partial charge in [-0.3, -0.25) is 0 Å². The van der Waals surface area contributed by atoms with Gasteiger partial charge in [0.1, 0.15) is 0 Å². The largest absolute Gasteiger partial charge is 0.388 e. The Hall–Kier alpha value is -1.30. The fourth-order valence-electron chi connectivity index (χ4n) is 3.12. The van der Waals surface area contributed by atoms with E-state index in [4.69, 9.17) is 16.3 Å². The van der Waals surface area contributed by atoms with Crippen molar-refractivity contribution in [2.45, 2.75) is 37.3 Å². The Morgan fingerprint density at radius 3 is 2.95 bits per heavy atom. The van der Waals surface area contributed by atoms with Crippen LogP contribution in [0.5, 0.6) is 0 Å². The Balaban J connectivity index is 1.53. The maximum Gasteiger partial charge on any atom is 0.315 e. The zero-order valence-electron chi connectivity index (χ0n) is 12.4. The van der Waals surface area contributed by atoms with Crippen molar-refractivity contribution in [1.29, 1.82) is 0 Å². The summed E-state index contributed by atoms with van der Waals surface area (Å²) in [5, 5.41) is 16.8. The minimum atomic E-state index is -0.850. The van der Waals surface area contributed by atoms with Crippen molar-refractivity contribution in [3.05, 3.63) is 34.3 Å². The molecule has 1 fully saturated rings. The lowest BCUT2D eigenvalue weighted by Gasteiger charge is -2.32. The second-order valence-corrected chi connectivity index (χ2v) is 6.53. The molecule has 1 saturated heterocycles. The maximum absolute atomic E-state index is 12.1. The number of aliphatic hydroxyl groups is 1. The van der Waals surface area contributed by atoms with Crippen molar-refractivity contribution in [3.8, 4) is 0 Å². The first-order valence-electron chi connectivity index (χ1n) is 7.69. The summed E-state index contributed by atoms with van der Waals surface area (Å²) in [5.41, 5.74) is 1.47. The number of urea groups is 1. The number of aryl methyl sites for hydroxylation is 1. The van der Waals surface area contributed by atoms with Crippen LogP contribution in [-0.4, -0.2) is 36.5 Å². The smallest absolute Gasteiger partial charge is 0.315 e. The van der Waals surface area contributed by atoms with Gasteiger partial charge >= 0.3 is 6.03 Å². The van der Waals surface area contributed by atoms with Crippen LogP contribution in [0.2, 0.25) is 5.02 Å². The lowest BCUT2D eigenvalue weighted by molar-refractivity contribution is -0.0600. The number of nitrogens with one attached hydrogen (secondary N) is 2. The number of benzene rings is 1. The average Bonchev–Trinajstić information content (AvgIpc) is 2.88. The molecule has 2 aliphatic rings. The Morgan fingerprint density at radius 1 is 1.41 bits per heavy atom. The minimum Gasteiger partial charge on any atom is -0.388 e. The fraction of sp³-hybridized carbons (Fsp3) is 0.562. The maximum atomic E-state index is 12.1. The van der Waals surface area contributed by atoms with Crippen LogP contribution in [0.4, 0.5) is 4.79 Å². The van der Waals surface area contributed by atoms with Crippen molar-refractivity contribution in [3.63, 3.8) is 0 Å². The van der Waals surface area contributed by atoms with Crippen molar-refractivity contribution in [2.24, 2.45) is 0 Å². The number of fused-ring (bicyclic) bond motifs is 1. The minimum absolute atomic E-state index is 0.0107. The first-order chi connectivity index (χ1) is 10.6. The highest BCUT2D eigenvalue weighted by Crippen LogP contribution is 2.32. The SMILES string of the molecule is O=C(NCC1(O)CCOCC1)NC1CCc2cc(Cl)ccc21. The Bertz CT molecular complexity index is 558. The van der Waals surface area contributed by atoms with E-state index >= 15 is 0 Å². The van der Waals surface area contributed by atoms with E-state index in [9.17, 15) is 9.90 Å². The van der Waals surface area contributed by atoms with E-state index in [-0.39, 0.29) is 18.6 Å². The average molecular weight is 325 g/mol. The molecular weight excluding hydrogens is 304 g/mol. The van der Waals surface area contributed by atoms with E-state index < -0.39 is 5.60 Å². The van der Waals surface area contributed by atoms with Gasteiger partial charge in [-0.1, -0.05) is 17.7 Å². The van der Waals surface area contributed by atoms with E-state index in [0.717, 1.165) is 23.4 Å². The van der Waals surface area contributed by atoms with Crippen molar-refractivity contribution in [2.75, 3.05) is 19.8 Å². The highest BCUT2D eigenvalue weighted by molar-refractivity contribution is 6.30. The van der Waals surface area contributed by atoms with Crippen LogP contribution in [0.25, 0.3) is 0 Å². The van der Waals surface area contributed by atoms with Gasteiger partial charge in [-0.2, -0.15) is 0 Å². The summed E-state index contributed by atoms with van der Waals surface area (Å²) >= 11 is 5.99. The molecule has 1 atom stereocenters. The van der Waals surface area contributed by atoms with Crippen LogP contribution >= 0.6 is 11.6 Å². The van der Waals surface area contributed by atoms with E-state index in [1.165, 1.54) is 5.56 Å². The van der Waals surface area contributed by atoms with Crippen LogP contribution in [0.1, 0.15) is 36.4 Å². The summed E-state index contributed by atoms with van der Waals surface area (Å²) < 4.78 is 5.23. The van der Waals surface area contributed by atoms with Gasteiger partial charge in [0.15, 0.2) is 0 Å². The lowest BCUT2D eigenvalue weighted by atomic mass is 9.94. The fourth-order valence-corrected chi connectivity index (χ4v) is 3.31. The van der Waals surface area contributed by atoms with E-state index in [1.54, 1.807) is 0 Å². The first kappa shape index (κ1) is 15.6. The number of hydrogen-bond acceptors (Lipinski definition) is 3. The third kappa shape index (κ3) is 3.54. The molecular formula is C16H21ClN2O3. The zero-order valence-corrected chi connectivity index (χ0v) is 13.2. The van der Waals surface area contributed by atoms with Crippen molar-refractivity contribution in [1.82, 2.24) is 10.6 Å². The number of amides is 2. The molecule has 6 heteroatoms. The van der Waals surface area contributed by atoms with Crippen molar-refractivity contribution >= 4 is 17.6 Å². The van der Waals surface area contributed by atoms with E-state index in [0.29, 0.717) is 26.1 Å². The zero-order chi connectivity index (χ0) is 15.6. The molecule has 1 unspecified atom stereocenters. The molecule has 3 N–H and O–H groups in total. The third-order valence-corrected chi connectivity index (χ3v) is 4.72. The number of carbonyl (C=O) groups is 1. The predicted molar refractivity (Wildman–Crippen MR) is 84.1 cm³/mol. The molecule has 1 heterocycles. The van der Waals surface area contributed by atoms with Gasteiger partial charge in [-0.25, -0.2) is 4.79 Å². The second-order valence-electron chi connectivity index (χ2n) is 6.10. The first-order valence-corrected chi connectivity index (χ1v) is 8.06. The van der Waals surface area contributed by atoms with Crippen molar-refractivity contribution < 1.29 is 14.6 Å². The molecule has 3 rings (SSSR count). The molecule has 0 spiro atoms. The van der Waals surface area contributed by atoms with Crippen LogP contribution in [0, 0.1) is 0 Å². The highest BCUT2D eigenvalue weighted by atomic mass is 35.5. The molecule has 5 nitrogen and oxygen atoms in total. The quantitative estimate of drug-likeness (QED) is 0.798. The number of ether oxygens (including phenoxy) is 1. The van der Waals surface area contributed by atoms with Gasteiger partial charge in [-0.15, -0.1) is 0 Å².